The van der Waals surface area contributed by atoms with E-state index in [1.165, 1.54) is 13.2 Å². The first-order valence-corrected chi connectivity index (χ1v) is 9.88. The lowest BCUT2D eigenvalue weighted by atomic mass is 10.0. The number of carbonyl (C=O) groups is 1. The molecule has 0 aliphatic rings. The maximum absolute atomic E-state index is 10.9. The summed E-state index contributed by atoms with van der Waals surface area (Å²) in [5.41, 5.74) is 4.64. The molecule has 0 amide bonds. The number of hydrogen-bond acceptors (Lipinski definition) is 6. The molecule has 7 heteroatoms. The number of ether oxygens (including phenoxy) is 2. The van der Waals surface area contributed by atoms with Crippen molar-refractivity contribution in [3.63, 3.8) is 0 Å². The Balaban J connectivity index is 0.000000186. The number of carboxylic acid groups (broad SMARTS) is 1. The van der Waals surface area contributed by atoms with Gasteiger partial charge in [0.2, 0.25) is 11.5 Å². The molecule has 4 aromatic rings. The highest BCUT2D eigenvalue weighted by atomic mass is 16.5. The number of furan rings is 2. The molecule has 4 rings (SSSR count). The van der Waals surface area contributed by atoms with Crippen LogP contribution in [0.25, 0.3) is 33.1 Å². The number of benzene rings is 2. The molecule has 0 saturated heterocycles. The number of fused-ring (bicyclic) bond motifs is 2. The van der Waals surface area contributed by atoms with Gasteiger partial charge in [-0.3, -0.25) is 0 Å². The normalized spacial score (nSPS) is 10.3. The lowest BCUT2D eigenvalue weighted by Gasteiger charge is -2.04. The van der Waals surface area contributed by atoms with Gasteiger partial charge in [-0.1, -0.05) is 36.4 Å². The minimum atomic E-state index is -1.10. The van der Waals surface area contributed by atoms with Crippen LogP contribution in [0.3, 0.4) is 0 Å². The molecule has 2 aromatic heterocycles. The van der Waals surface area contributed by atoms with Crippen molar-refractivity contribution >= 4 is 39.1 Å². The van der Waals surface area contributed by atoms with E-state index in [0.717, 1.165) is 27.7 Å². The van der Waals surface area contributed by atoms with Crippen LogP contribution in [0.15, 0.2) is 58.4 Å². The Morgan fingerprint density at radius 3 is 1.82 bits per heavy atom. The lowest BCUT2D eigenvalue weighted by molar-refractivity contribution is 0.0665. The quantitative estimate of drug-likeness (QED) is 0.373. The summed E-state index contributed by atoms with van der Waals surface area (Å²) >= 11 is 0. The van der Waals surface area contributed by atoms with Gasteiger partial charge in [-0.2, -0.15) is 5.26 Å². The van der Waals surface area contributed by atoms with Crippen LogP contribution in [-0.2, 0) is 0 Å². The van der Waals surface area contributed by atoms with E-state index in [1.54, 1.807) is 19.2 Å². The molecule has 0 aliphatic carbocycles. The molecule has 0 atom stereocenters. The molecular formula is C26H23NO6. The zero-order chi connectivity index (χ0) is 24.3. The Hall–Kier alpha value is -4.44. The second-order valence-corrected chi connectivity index (χ2v) is 7.32. The number of methoxy groups -OCH3 is 2. The van der Waals surface area contributed by atoms with E-state index in [-0.39, 0.29) is 11.5 Å². The van der Waals surface area contributed by atoms with Crippen LogP contribution in [-0.4, -0.2) is 25.3 Å². The van der Waals surface area contributed by atoms with Gasteiger partial charge in [-0.15, -0.1) is 0 Å². The van der Waals surface area contributed by atoms with Crippen molar-refractivity contribution in [2.75, 3.05) is 14.2 Å². The van der Waals surface area contributed by atoms with Crippen LogP contribution in [0.1, 0.15) is 41.3 Å². The molecule has 0 spiro atoms. The van der Waals surface area contributed by atoms with Crippen LogP contribution >= 0.6 is 0 Å². The Kier molecular flexibility index (Phi) is 6.59. The highest BCUT2D eigenvalue weighted by molar-refractivity contribution is 5.99. The Morgan fingerprint density at radius 2 is 1.39 bits per heavy atom. The van der Waals surface area contributed by atoms with E-state index in [0.29, 0.717) is 28.1 Å². The van der Waals surface area contributed by atoms with Crippen molar-refractivity contribution in [2.24, 2.45) is 0 Å². The summed E-state index contributed by atoms with van der Waals surface area (Å²) in [5, 5.41) is 19.3. The molecule has 2 heterocycles. The molecule has 0 saturated carbocycles. The van der Waals surface area contributed by atoms with Gasteiger partial charge in [0.1, 0.15) is 6.07 Å². The third-order valence-electron chi connectivity index (χ3n) is 4.98. The van der Waals surface area contributed by atoms with Gasteiger partial charge in [0.05, 0.1) is 14.2 Å². The summed E-state index contributed by atoms with van der Waals surface area (Å²) in [5.74, 6) is 0.212. The fraction of sp³-hybridized carbons (Fsp3) is 0.154. The summed E-state index contributed by atoms with van der Waals surface area (Å²) in [4.78, 5) is 10.9. The highest BCUT2D eigenvalue weighted by Crippen LogP contribution is 2.35. The maximum Gasteiger partial charge on any atom is 0.371 e. The predicted octanol–water partition coefficient (Wildman–Crippen LogP) is 6.52. The van der Waals surface area contributed by atoms with Gasteiger partial charge in [-0.05, 0) is 37.1 Å². The average molecular weight is 445 g/mol. The molecular weight excluding hydrogens is 422 g/mol. The van der Waals surface area contributed by atoms with Crippen molar-refractivity contribution in [3.05, 3.63) is 72.2 Å². The summed E-state index contributed by atoms with van der Waals surface area (Å²) in [7, 11) is 3.09. The van der Waals surface area contributed by atoms with Crippen molar-refractivity contribution in [2.45, 2.75) is 13.8 Å². The van der Waals surface area contributed by atoms with Crippen molar-refractivity contribution < 1.29 is 28.2 Å². The Morgan fingerprint density at radius 1 is 0.909 bits per heavy atom. The highest BCUT2D eigenvalue weighted by Gasteiger charge is 2.17. The van der Waals surface area contributed by atoms with E-state index >= 15 is 0 Å². The van der Waals surface area contributed by atoms with Crippen LogP contribution in [0.5, 0.6) is 11.5 Å². The first kappa shape index (κ1) is 23.2. The van der Waals surface area contributed by atoms with E-state index in [2.05, 4.69) is 13.2 Å². The van der Waals surface area contributed by atoms with Crippen LogP contribution in [0.2, 0.25) is 0 Å². The molecule has 7 nitrogen and oxygen atoms in total. The summed E-state index contributed by atoms with van der Waals surface area (Å²) in [6.45, 7) is 11.5. The molecule has 0 bridgehead atoms. The third-order valence-corrected chi connectivity index (χ3v) is 4.98. The molecule has 0 aliphatic heterocycles. The second kappa shape index (κ2) is 9.37. The van der Waals surface area contributed by atoms with Gasteiger partial charge in [0, 0.05) is 22.9 Å². The van der Waals surface area contributed by atoms with Gasteiger partial charge in [0.25, 0.3) is 0 Å². The SMILES string of the molecule is C=C(C)c1ccc(OC)c2oc(C#N)cc12.C=C(C)c1ccc(OC)c2oc(C(=O)O)cc12. The number of carboxylic acids is 1. The van der Waals surface area contributed by atoms with Gasteiger partial charge in [0.15, 0.2) is 22.7 Å². The summed E-state index contributed by atoms with van der Waals surface area (Å²) < 4.78 is 21.0. The van der Waals surface area contributed by atoms with E-state index in [1.807, 2.05) is 38.1 Å². The monoisotopic (exact) mass is 445 g/mol. The molecule has 2 aromatic carbocycles. The minimum Gasteiger partial charge on any atom is -0.493 e. The smallest absolute Gasteiger partial charge is 0.371 e. The number of rotatable bonds is 5. The fourth-order valence-electron chi connectivity index (χ4n) is 3.42. The van der Waals surface area contributed by atoms with Gasteiger partial charge in [-0.25, -0.2) is 4.79 Å². The van der Waals surface area contributed by atoms with Crippen LogP contribution in [0.4, 0.5) is 0 Å². The lowest BCUT2D eigenvalue weighted by Crippen LogP contribution is -1.91. The van der Waals surface area contributed by atoms with Crippen LogP contribution < -0.4 is 9.47 Å². The summed E-state index contributed by atoms with van der Waals surface area (Å²) in [6, 6.07) is 12.5. The molecule has 0 fully saturated rings. The maximum atomic E-state index is 10.9. The predicted molar refractivity (Wildman–Crippen MR) is 127 cm³/mol. The first-order chi connectivity index (χ1) is 15.7. The van der Waals surface area contributed by atoms with Crippen LogP contribution in [0, 0.1) is 11.3 Å². The number of aromatic carboxylic acids is 1. The molecule has 1 N–H and O–H groups in total. The Labute approximate surface area is 190 Å². The second-order valence-electron chi connectivity index (χ2n) is 7.32. The first-order valence-electron chi connectivity index (χ1n) is 9.88. The minimum absolute atomic E-state index is 0.105. The zero-order valence-electron chi connectivity index (χ0n) is 18.8. The van der Waals surface area contributed by atoms with Crippen molar-refractivity contribution in [1.29, 1.82) is 5.26 Å². The zero-order valence-corrected chi connectivity index (χ0v) is 18.8. The van der Waals surface area contributed by atoms with E-state index in [4.69, 9.17) is 28.7 Å². The molecule has 33 heavy (non-hydrogen) atoms. The van der Waals surface area contributed by atoms with E-state index < -0.39 is 5.97 Å². The summed E-state index contributed by atoms with van der Waals surface area (Å²) in [6.07, 6.45) is 0. The number of allylic oxidation sites excluding steroid dienone is 2. The molecule has 0 unspecified atom stereocenters. The largest absolute Gasteiger partial charge is 0.493 e. The number of hydrogen-bond donors (Lipinski definition) is 1. The average Bonchev–Trinajstić information content (AvgIpc) is 3.42. The molecule has 168 valence electrons. The van der Waals surface area contributed by atoms with E-state index in [9.17, 15) is 4.79 Å². The topological polar surface area (TPSA) is 106 Å². The van der Waals surface area contributed by atoms with Crippen molar-refractivity contribution in [1.82, 2.24) is 0 Å². The van der Waals surface area contributed by atoms with Crippen molar-refractivity contribution in [3.8, 4) is 17.6 Å². The fourth-order valence-corrected chi connectivity index (χ4v) is 3.42. The van der Waals surface area contributed by atoms with Gasteiger partial charge >= 0.3 is 5.97 Å². The standard InChI is InChI=1S/C13H11NO2.C13H12O4/c1-8(2)10-4-5-12(15-3)13-11(10)6-9(7-14)16-13;1-7(2)8-4-5-10(16-3)12-9(8)6-11(17-12)13(14)15/h4-6H,1H2,2-3H3;4-6H,1H2,2-3H3,(H,14,15). The third kappa shape index (κ3) is 4.46. The number of nitrogens with zero attached hydrogens (tertiary/aromatic N) is 1. The number of nitriles is 1. The van der Waals surface area contributed by atoms with Gasteiger partial charge < -0.3 is 23.4 Å². The Bertz CT molecular complexity index is 1430. The molecule has 0 radical (unpaired) electrons.